The second-order valence-corrected chi connectivity index (χ2v) is 7.18. The van der Waals surface area contributed by atoms with Crippen molar-refractivity contribution in [2.24, 2.45) is 7.05 Å². The summed E-state index contributed by atoms with van der Waals surface area (Å²) in [6, 6.07) is 13.9. The van der Waals surface area contributed by atoms with Crippen LogP contribution < -0.4 is 10.1 Å². The van der Waals surface area contributed by atoms with Crippen LogP contribution in [0.2, 0.25) is 0 Å². The van der Waals surface area contributed by atoms with Gasteiger partial charge in [0, 0.05) is 30.5 Å². The van der Waals surface area contributed by atoms with Gasteiger partial charge in [0.1, 0.15) is 17.1 Å². The first-order chi connectivity index (χ1) is 14.1. The molecule has 8 nitrogen and oxygen atoms in total. The topological polar surface area (TPSA) is 86.9 Å². The third kappa shape index (κ3) is 2.93. The van der Waals surface area contributed by atoms with Crippen molar-refractivity contribution in [1.29, 1.82) is 0 Å². The zero-order chi connectivity index (χ0) is 20.0. The third-order valence-corrected chi connectivity index (χ3v) is 5.44. The summed E-state index contributed by atoms with van der Waals surface area (Å²) in [5, 5.41) is 15.8. The number of rotatable bonds is 4. The molecule has 4 aromatic rings. The first-order valence-corrected chi connectivity index (χ1v) is 9.41. The fraction of sp³-hybridized carbons (Fsp3) is 0.238. The van der Waals surface area contributed by atoms with E-state index in [-0.39, 0.29) is 11.8 Å². The van der Waals surface area contributed by atoms with Crippen LogP contribution in [0.1, 0.15) is 29.0 Å². The second-order valence-electron chi connectivity index (χ2n) is 7.18. The van der Waals surface area contributed by atoms with Gasteiger partial charge >= 0.3 is 0 Å². The Hall–Kier alpha value is -3.68. The van der Waals surface area contributed by atoms with E-state index < -0.39 is 0 Å². The molecule has 0 radical (unpaired) electrons. The van der Waals surface area contributed by atoms with E-state index >= 15 is 0 Å². The molecular formula is C21H20N6O2. The van der Waals surface area contributed by atoms with Gasteiger partial charge < -0.3 is 10.1 Å². The minimum atomic E-state index is -0.0726. The van der Waals surface area contributed by atoms with E-state index in [1.54, 1.807) is 11.8 Å². The minimum Gasteiger partial charge on any atom is -0.496 e. The van der Waals surface area contributed by atoms with Gasteiger partial charge in [-0.15, -0.1) is 5.10 Å². The molecule has 0 unspecified atom stereocenters. The molecule has 3 heterocycles. The molecule has 1 N–H and O–H groups in total. The summed E-state index contributed by atoms with van der Waals surface area (Å²) in [5.41, 5.74) is 4.81. The van der Waals surface area contributed by atoms with E-state index in [1.165, 1.54) is 0 Å². The molecule has 5 rings (SSSR count). The van der Waals surface area contributed by atoms with Crippen LogP contribution in [0.15, 0.2) is 48.7 Å². The van der Waals surface area contributed by atoms with Crippen LogP contribution in [0.5, 0.6) is 5.75 Å². The van der Waals surface area contributed by atoms with Crippen molar-refractivity contribution in [2.45, 2.75) is 18.9 Å². The summed E-state index contributed by atoms with van der Waals surface area (Å²) >= 11 is 0. The lowest BCUT2D eigenvalue weighted by Gasteiger charge is -2.24. The summed E-state index contributed by atoms with van der Waals surface area (Å²) in [7, 11) is 3.51. The zero-order valence-electron chi connectivity index (χ0n) is 16.2. The normalized spacial score (nSPS) is 15.9. The molecule has 8 heteroatoms. The molecule has 146 valence electrons. The van der Waals surface area contributed by atoms with Crippen molar-refractivity contribution < 1.29 is 9.53 Å². The average molecular weight is 388 g/mol. The van der Waals surface area contributed by atoms with Crippen molar-refractivity contribution in [3.8, 4) is 5.75 Å². The standard InChI is InChI=1S/C21H20N6O2/c1-26-18-8-7-13(9-17(18)24-25-26)15-10-20(28)23-21-16(15)11-22-27(21)12-14-5-3-4-6-19(14)29-2/h3-9,11,15H,10,12H2,1-2H3,(H,23,28)/t15-/m1/s1. The maximum atomic E-state index is 12.5. The molecule has 2 aromatic heterocycles. The van der Waals surface area contributed by atoms with Gasteiger partial charge in [-0.25, -0.2) is 9.36 Å². The zero-order valence-corrected chi connectivity index (χ0v) is 16.2. The first kappa shape index (κ1) is 17.4. The number of aryl methyl sites for hydroxylation is 1. The SMILES string of the molecule is COc1ccccc1Cn1ncc2c1NC(=O)C[C@@H]2c1ccc2c(c1)nnn2C. The van der Waals surface area contributed by atoms with Crippen LogP contribution >= 0.6 is 0 Å². The number of ether oxygens (including phenoxy) is 1. The van der Waals surface area contributed by atoms with E-state index in [2.05, 4.69) is 20.7 Å². The predicted molar refractivity (Wildman–Crippen MR) is 108 cm³/mol. The Morgan fingerprint density at radius 3 is 2.97 bits per heavy atom. The van der Waals surface area contributed by atoms with Gasteiger partial charge in [0.2, 0.25) is 5.91 Å². The van der Waals surface area contributed by atoms with E-state index in [0.29, 0.717) is 13.0 Å². The number of nitrogens with one attached hydrogen (secondary N) is 1. The van der Waals surface area contributed by atoms with Crippen molar-refractivity contribution in [3.63, 3.8) is 0 Å². The smallest absolute Gasteiger partial charge is 0.226 e. The Bertz CT molecular complexity index is 1230. The van der Waals surface area contributed by atoms with Crippen LogP contribution in [0.25, 0.3) is 11.0 Å². The number of methoxy groups -OCH3 is 1. The lowest BCUT2D eigenvalue weighted by atomic mass is 9.87. The summed E-state index contributed by atoms with van der Waals surface area (Å²) in [4.78, 5) is 12.5. The molecule has 2 aromatic carbocycles. The summed E-state index contributed by atoms with van der Waals surface area (Å²) in [6.07, 6.45) is 2.22. The van der Waals surface area contributed by atoms with E-state index in [1.807, 2.05) is 60.4 Å². The Morgan fingerprint density at radius 2 is 2.10 bits per heavy atom. The molecule has 0 saturated heterocycles. The van der Waals surface area contributed by atoms with Crippen LogP contribution in [0.4, 0.5) is 5.82 Å². The molecule has 1 atom stereocenters. The molecule has 0 aliphatic carbocycles. The fourth-order valence-corrected chi connectivity index (χ4v) is 3.96. The first-order valence-electron chi connectivity index (χ1n) is 9.41. The van der Waals surface area contributed by atoms with Crippen LogP contribution in [-0.4, -0.2) is 37.8 Å². The predicted octanol–water partition coefficient (Wildman–Crippen LogP) is 2.70. The Kier molecular flexibility index (Phi) is 4.04. The number of nitrogens with zero attached hydrogens (tertiary/aromatic N) is 5. The van der Waals surface area contributed by atoms with Crippen molar-refractivity contribution in [3.05, 3.63) is 65.4 Å². The van der Waals surface area contributed by atoms with Crippen LogP contribution in [0, 0.1) is 0 Å². The maximum absolute atomic E-state index is 12.5. The summed E-state index contributed by atoms with van der Waals surface area (Å²) in [6.45, 7) is 0.509. The van der Waals surface area contributed by atoms with Gasteiger partial charge in [0.15, 0.2) is 0 Å². The van der Waals surface area contributed by atoms with Gasteiger partial charge in [0.05, 0.1) is 25.4 Å². The highest BCUT2D eigenvalue weighted by Crippen LogP contribution is 2.38. The van der Waals surface area contributed by atoms with Crippen molar-refractivity contribution in [2.75, 3.05) is 12.4 Å². The highest BCUT2D eigenvalue weighted by Gasteiger charge is 2.30. The molecule has 0 saturated carbocycles. The van der Waals surface area contributed by atoms with E-state index in [0.717, 1.165) is 39.3 Å². The third-order valence-electron chi connectivity index (χ3n) is 5.44. The number of carbonyl (C=O) groups is 1. The van der Waals surface area contributed by atoms with Crippen molar-refractivity contribution in [1.82, 2.24) is 24.8 Å². The number of fused-ring (bicyclic) bond motifs is 2. The molecule has 1 aliphatic heterocycles. The molecular weight excluding hydrogens is 368 g/mol. The number of anilines is 1. The summed E-state index contributed by atoms with van der Waals surface area (Å²) < 4.78 is 9.01. The van der Waals surface area contributed by atoms with Crippen LogP contribution in [-0.2, 0) is 18.4 Å². The van der Waals surface area contributed by atoms with Crippen molar-refractivity contribution >= 4 is 22.8 Å². The Morgan fingerprint density at radius 1 is 1.24 bits per heavy atom. The number of para-hydroxylation sites is 1. The molecule has 29 heavy (non-hydrogen) atoms. The number of amides is 1. The molecule has 0 fully saturated rings. The quantitative estimate of drug-likeness (QED) is 0.581. The van der Waals surface area contributed by atoms with Gasteiger partial charge in [0.25, 0.3) is 0 Å². The minimum absolute atomic E-state index is 0.0245. The molecule has 1 amide bonds. The monoisotopic (exact) mass is 388 g/mol. The lowest BCUT2D eigenvalue weighted by Crippen LogP contribution is -2.25. The lowest BCUT2D eigenvalue weighted by molar-refractivity contribution is -0.116. The summed E-state index contributed by atoms with van der Waals surface area (Å²) in [5.74, 6) is 1.43. The van der Waals surface area contributed by atoms with E-state index in [9.17, 15) is 4.79 Å². The molecule has 0 bridgehead atoms. The Labute approximate surface area is 167 Å². The number of hydrogen-bond acceptors (Lipinski definition) is 5. The number of hydrogen-bond donors (Lipinski definition) is 1. The van der Waals surface area contributed by atoms with Gasteiger partial charge in [-0.05, 0) is 23.8 Å². The number of carbonyl (C=O) groups excluding carboxylic acids is 1. The molecule has 1 aliphatic rings. The second kappa shape index (κ2) is 6.73. The number of benzene rings is 2. The fourth-order valence-electron chi connectivity index (χ4n) is 3.96. The number of aromatic nitrogens is 5. The van der Waals surface area contributed by atoms with Crippen LogP contribution in [0.3, 0.4) is 0 Å². The Balaban J connectivity index is 1.54. The van der Waals surface area contributed by atoms with Gasteiger partial charge in [-0.3, -0.25) is 4.79 Å². The maximum Gasteiger partial charge on any atom is 0.226 e. The average Bonchev–Trinajstić information content (AvgIpc) is 3.31. The van der Waals surface area contributed by atoms with Gasteiger partial charge in [-0.2, -0.15) is 5.10 Å². The highest BCUT2D eigenvalue weighted by molar-refractivity contribution is 5.94. The van der Waals surface area contributed by atoms with E-state index in [4.69, 9.17) is 4.74 Å². The molecule has 0 spiro atoms. The highest BCUT2D eigenvalue weighted by atomic mass is 16.5. The van der Waals surface area contributed by atoms with Gasteiger partial charge in [-0.1, -0.05) is 29.5 Å². The largest absolute Gasteiger partial charge is 0.496 e.